The van der Waals surface area contributed by atoms with E-state index in [1.807, 2.05) is 11.9 Å². The van der Waals surface area contributed by atoms with Gasteiger partial charge >= 0.3 is 5.97 Å². The van der Waals surface area contributed by atoms with Crippen LogP contribution in [0.2, 0.25) is 0 Å². The fourth-order valence-corrected chi connectivity index (χ4v) is 3.38. The number of carboxylic acids is 1. The van der Waals surface area contributed by atoms with Gasteiger partial charge < -0.3 is 5.11 Å². The molecular formula is C13H20N2O2S. The molecule has 0 spiro atoms. The monoisotopic (exact) mass is 268 g/mol. The van der Waals surface area contributed by atoms with Gasteiger partial charge in [0, 0.05) is 24.4 Å². The number of carboxylic acid groups (broad SMARTS) is 1. The fraction of sp³-hybridized carbons (Fsp3) is 0.692. The summed E-state index contributed by atoms with van der Waals surface area (Å²) in [5, 5.41) is 12.0. The summed E-state index contributed by atoms with van der Waals surface area (Å²) in [6.07, 6.45) is 5.41. The van der Waals surface area contributed by atoms with E-state index in [-0.39, 0.29) is 6.42 Å². The van der Waals surface area contributed by atoms with Crippen molar-refractivity contribution < 1.29 is 9.90 Å². The third kappa shape index (κ3) is 3.78. The Morgan fingerprint density at radius 1 is 1.56 bits per heavy atom. The van der Waals surface area contributed by atoms with Crippen LogP contribution in [0.5, 0.6) is 0 Å². The van der Waals surface area contributed by atoms with Gasteiger partial charge in [0.1, 0.15) is 0 Å². The number of nitrogens with zero attached hydrogens (tertiary/aromatic N) is 2. The first-order chi connectivity index (χ1) is 8.65. The van der Waals surface area contributed by atoms with Crippen LogP contribution in [0.25, 0.3) is 0 Å². The molecule has 5 heteroatoms. The Kier molecular flexibility index (Phi) is 4.72. The molecule has 0 unspecified atom stereocenters. The predicted octanol–water partition coefficient (Wildman–Crippen LogP) is 2.71. The highest BCUT2D eigenvalue weighted by Gasteiger charge is 2.20. The van der Waals surface area contributed by atoms with E-state index in [0.29, 0.717) is 12.5 Å². The summed E-state index contributed by atoms with van der Waals surface area (Å²) in [6.45, 7) is 1.32. The first kappa shape index (κ1) is 13.5. The lowest BCUT2D eigenvalue weighted by atomic mass is 10.1. The van der Waals surface area contributed by atoms with Crippen molar-refractivity contribution in [3.8, 4) is 0 Å². The largest absolute Gasteiger partial charge is 0.481 e. The van der Waals surface area contributed by atoms with Gasteiger partial charge in [-0.3, -0.25) is 9.69 Å². The quantitative estimate of drug-likeness (QED) is 0.862. The third-order valence-electron chi connectivity index (χ3n) is 3.41. The van der Waals surface area contributed by atoms with Crippen LogP contribution in [0.4, 0.5) is 0 Å². The Morgan fingerprint density at radius 3 is 2.94 bits per heavy atom. The lowest BCUT2D eigenvalue weighted by Gasteiger charge is -2.13. The van der Waals surface area contributed by atoms with Gasteiger partial charge in [-0.2, -0.15) is 0 Å². The molecule has 0 aromatic carbocycles. The standard InChI is InChI=1S/C13H20N2O2S/c1-15(7-6-12(16)17)8-11-9-18-13(14-11)10-4-2-3-5-10/h9-10H,2-8H2,1H3,(H,16,17). The highest BCUT2D eigenvalue weighted by atomic mass is 32.1. The van der Waals surface area contributed by atoms with Gasteiger partial charge in [0.2, 0.25) is 0 Å². The minimum atomic E-state index is -0.744. The molecule has 1 N–H and O–H groups in total. The average Bonchev–Trinajstić information content (AvgIpc) is 2.95. The Morgan fingerprint density at radius 2 is 2.28 bits per heavy atom. The first-order valence-electron chi connectivity index (χ1n) is 6.50. The molecule has 100 valence electrons. The van der Waals surface area contributed by atoms with Gasteiger partial charge in [0.15, 0.2) is 0 Å². The lowest BCUT2D eigenvalue weighted by molar-refractivity contribution is -0.137. The van der Waals surface area contributed by atoms with E-state index >= 15 is 0 Å². The second kappa shape index (κ2) is 6.29. The van der Waals surface area contributed by atoms with Gasteiger partial charge in [0.25, 0.3) is 0 Å². The summed E-state index contributed by atoms with van der Waals surface area (Å²) in [7, 11) is 1.94. The van der Waals surface area contributed by atoms with E-state index in [0.717, 1.165) is 12.2 Å². The molecule has 18 heavy (non-hydrogen) atoms. The van der Waals surface area contributed by atoms with Crippen molar-refractivity contribution in [1.82, 2.24) is 9.88 Å². The molecule has 4 nitrogen and oxygen atoms in total. The number of carbonyl (C=O) groups is 1. The predicted molar refractivity (Wildman–Crippen MR) is 71.9 cm³/mol. The normalized spacial score (nSPS) is 16.6. The van der Waals surface area contributed by atoms with E-state index in [9.17, 15) is 4.79 Å². The van der Waals surface area contributed by atoms with Gasteiger partial charge in [0.05, 0.1) is 17.1 Å². The molecule has 0 atom stereocenters. The second-order valence-corrected chi connectivity index (χ2v) is 5.93. The van der Waals surface area contributed by atoms with Crippen LogP contribution in [-0.4, -0.2) is 34.6 Å². The summed E-state index contributed by atoms with van der Waals surface area (Å²) in [4.78, 5) is 17.2. The van der Waals surface area contributed by atoms with Crippen molar-refractivity contribution in [2.75, 3.05) is 13.6 Å². The Bertz CT molecular complexity index is 399. The van der Waals surface area contributed by atoms with Gasteiger partial charge in [-0.1, -0.05) is 12.8 Å². The summed E-state index contributed by atoms with van der Waals surface area (Å²) in [5.74, 6) is -0.0696. The van der Waals surface area contributed by atoms with Crippen LogP contribution >= 0.6 is 11.3 Å². The summed E-state index contributed by atoms with van der Waals surface area (Å²) in [6, 6.07) is 0. The number of aromatic nitrogens is 1. The molecule has 0 radical (unpaired) electrons. The van der Waals surface area contributed by atoms with E-state index in [2.05, 4.69) is 10.4 Å². The third-order valence-corrected chi connectivity index (χ3v) is 4.47. The van der Waals surface area contributed by atoms with Crippen molar-refractivity contribution in [3.05, 3.63) is 16.1 Å². The lowest BCUT2D eigenvalue weighted by Crippen LogP contribution is -2.21. The van der Waals surface area contributed by atoms with E-state index < -0.39 is 5.97 Å². The van der Waals surface area contributed by atoms with Crippen molar-refractivity contribution in [1.29, 1.82) is 0 Å². The van der Waals surface area contributed by atoms with Gasteiger partial charge in [-0.05, 0) is 19.9 Å². The number of hydrogen-bond acceptors (Lipinski definition) is 4. The van der Waals surface area contributed by atoms with Crippen LogP contribution in [0.1, 0.15) is 48.7 Å². The van der Waals surface area contributed by atoms with Crippen LogP contribution in [0, 0.1) is 0 Å². The molecule has 1 aliphatic rings. The number of hydrogen-bond donors (Lipinski definition) is 1. The first-order valence-corrected chi connectivity index (χ1v) is 7.38. The minimum absolute atomic E-state index is 0.191. The molecule has 0 amide bonds. The zero-order chi connectivity index (χ0) is 13.0. The summed E-state index contributed by atoms with van der Waals surface area (Å²) < 4.78 is 0. The zero-order valence-corrected chi connectivity index (χ0v) is 11.6. The highest BCUT2D eigenvalue weighted by molar-refractivity contribution is 7.09. The van der Waals surface area contributed by atoms with Crippen LogP contribution in [0.15, 0.2) is 5.38 Å². The number of rotatable bonds is 6. The van der Waals surface area contributed by atoms with Crippen LogP contribution < -0.4 is 0 Å². The molecule has 0 saturated heterocycles. The fourth-order valence-electron chi connectivity index (χ4n) is 2.40. The molecule has 1 aromatic rings. The maximum atomic E-state index is 10.5. The summed E-state index contributed by atoms with van der Waals surface area (Å²) >= 11 is 1.76. The Balaban J connectivity index is 1.84. The molecule has 0 bridgehead atoms. The van der Waals surface area contributed by atoms with E-state index in [1.54, 1.807) is 11.3 Å². The van der Waals surface area contributed by atoms with Crippen molar-refractivity contribution in [2.45, 2.75) is 44.6 Å². The van der Waals surface area contributed by atoms with Crippen molar-refractivity contribution >= 4 is 17.3 Å². The minimum Gasteiger partial charge on any atom is -0.481 e. The van der Waals surface area contributed by atoms with E-state index in [1.165, 1.54) is 30.7 Å². The molecule has 0 aliphatic heterocycles. The maximum absolute atomic E-state index is 10.5. The molecule has 1 aliphatic carbocycles. The van der Waals surface area contributed by atoms with E-state index in [4.69, 9.17) is 5.11 Å². The smallest absolute Gasteiger partial charge is 0.304 e. The average molecular weight is 268 g/mol. The Labute approximate surface area is 112 Å². The zero-order valence-electron chi connectivity index (χ0n) is 10.8. The van der Waals surface area contributed by atoms with Gasteiger partial charge in [-0.15, -0.1) is 11.3 Å². The molecule has 1 saturated carbocycles. The SMILES string of the molecule is CN(CCC(=O)O)Cc1csc(C2CCCC2)n1. The van der Waals surface area contributed by atoms with Crippen molar-refractivity contribution in [2.24, 2.45) is 0 Å². The van der Waals surface area contributed by atoms with Gasteiger partial charge in [-0.25, -0.2) is 4.98 Å². The topological polar surface area (TPSA) is 53.4 Å². The van der Waals surface area contributed by atoms with Crippen LogP contribution in [0.3, 0.4) is 0 Å². The van der Waals surface area contributed by atoms with Crippen molar-refractivity contribution in [3.63, 3.8) is 0 Å². The molecule has 2 rings (SSSR count). The number of aliphatic carboxylic acids is 1. The second-order valence-electron chi connectivity index (χ2n) is 5.04. The Hall–Kier alpha value is -0.940. The molecule has 1 aromatic heterocycles. The highest BCUT2D eigenvalue weighted by Crippen LogP contribution is 2.35. The molecule has 1 heterocycles. The van der Waals surface area contributed by atoms with Crippen LogP contribution in [-0.2, 0) is 11.3 Å². The molecular weight excluding hydrogens is 248 g/mol. The molecule has 1 fully saturated rings. The summed E-state index contributed by atoms with van der Waals surface area (Å²) in [5.41, 5.74) is 1.08. The number of thiazole rings is 1. The maximum Gasteiger partial charge on any atom is 0.304 e.